The number of nitrogen functional groups attached to an aromatic ring is 1. The van der Waals surface area contributed by atoms with E-state index in [4.69, 9.17) is 10.5 Å². The van der Waals surface area contributed by atoms with Gasteiger partial charge in [-0.05, 0) is 31.2 Å². The lowest BCUT2D eigenvalue weighted by atomic mass is 10.3. The molecule has 0 aliphatic rings. The summed E-state index contributed by atoms with van der Waals surface area (Å²) in [7, 11) is 0. The molecule has 7 nitrogen and oxygen atoms in total. The average molecular weight is 320 g/mol. The predicted octanol–water partition coefficient (Wildman–Crippen LogP) is 1.48. The van der Waals surface area contributed by atoms with Crippen LogP contribution in [0, 0.1) is 0 Å². The number of hydrogen-bond donors (Lipinski definition) is 3. The summed E-state index contributed by atoms with van der Waals surface area (Å²) < 4.78 is 5.32. The fourth-order valence-electron chi connectivity index (χ4n) is 1.65. The molecule has 0 bridgehead atoms. The molecule has 1 heterocycles. The third-order valence-corrected chi connectivity index (χ3v) is 3.40. The summed E-state index contributed by atoms with van der Waals surface area (Å²) >= 11 is 1.10. The Kier molecular flexibility index (Phi) is 5.42. The van der Waals surface area contributed by atoms with Crippen molar-refractivity contribution in [3.63, 3.8) is 0 Å². The third kappa shape index (κ3) is 4.81. The average Bonchev–Trinajstić information content (AvgIpc) is 2.47. The SMILES string of the molecule is CCOc1ccc(NC(=O)CSc2nc(N)cc(=O)[nH]2)cc1. The molecule has 8 heteroatoms. The molecule has 1 aromatic heterocycles. The molecule has 0 saturated heterocycles. The number of carbonyl (C=O) groups is 1. The maximum Gasteiger partial charge on any atom is 0.253 e. The number of rotatable bonds is 6. The lowest BCUT2D eigenvalue weighted by molar-refractivity contribution is -0.113. The molecule has 116 valence electrons. The fraction of sp³-hybridized carbons (Fsp3) is 0.214. The number of H-pyrrole nitrogens is 1. The summed E-state index contributed by atoms with van der Waals surface area (Å²) in [6.07, 6.45) is 0. The molecule has 2 aromatic rings. The highest BCUT2D eigenvalue weighted by Crippen LogP contribution is 2.17. The van der Waals surface area contributed by atoms with E-state index in [9.17, 15) is 9.59 Å². The fourth-order valence-corrected chi connectivity index (χ4v) is 2.34. The molecule has 0 fully saturated rings. The molecule has 2 rings (SSSR count). The van der Waals surface area contributed by atoms with Crippen molar-refractivity contribution in [2.75, 3.05) is 23.4 Å². The second-order valence-corrected chi connectivity index (χ2v) is 5.23. The monoisotopic (exact) mass is 320 g/mol. The molecule has 0 unspecified atom stereocenters. The smallest absolute Gasteiger partial charge is 0.253 e. The quantitative estimate of drug-likeness (QED) is 0.549. The first-order chi connectivity index (χ1) is 10.6. The number of nitrogens with one attached hydrogen (secondary N) is 2. The first-order valence-electron chi connectivity index (χ1n) is 6.59. The van der Waals surface area contributed by atoms with Gasteiger partial charge >= 0.3 is 0 Å². The molecule has 4 N–H and O–H groups in total. The second-order valence-electron chi connectivity index (χ2n) is 4.27. The minimum atomic E-state index is -0.345. The third-order valence-electron chi connectivity index (χ3n) is 2.53. The van der Waals surface area contributed by atoms with Crippen molar-refractivity contribution in [2.24, 2.45) is 0 Å². The van der Waals surface area contributed by atoms with Gasteiger partial charge in [0.1, 0.15) is 11.6 Å². The van der Waals surface area contributed by atoms with Crippen LogP contribution >= 0.6 is 11.8 Å². The van der Waals surface area contributed by atoms with E-state index in [2.05, 4.69) is 15.3 Å². The highest BCUT2D eigenvalue weighted by molar-refractivity contribution is 7.99. The van der Waals surface area contributed by atoms with Gasteiger partial charge in [-0.15, -0.1) is 0 Å². The molecular formula is C14H16N4O3S. The van der Waals surface area contributed by atoms with Gasteiger partial charge in [0.05, 0.1) is 12.4 Å². The Labute approximate surface area is 131 Å². The van der Waals surface area contributed by atoms with Crippen LogP contribution in [0.15, 0.2) is 40.3 Å². The molecule has 0 atom stereocenters. The van der Waals surface area contributed by atoms with Crippen LogP contribution in [0.4, 0.5) is 11.5 Å². The van der Waals surface area contributed by atoms with Gasteiger partial charge in [-0.25, -0.2) is 4.98 Å². The first-order valence-corrected chi connectivity index (χ1v) is 7.57. The standard InChI is InChI=1S/C14H16N4O3S/c1-2-21-10-5-3-9(4-6-10)16-13(20)8-22-14-17-11(15)7-12(19)18-14/h3-7H,2,8H2,1H3,(H,16,20)(H3,15,17,18,19). The maximum atomic E-state index is 11.9. The normalized spacial score (nSPS) is 10.2. The van der Waals surface area contributed by atoms with E-state index >= 15 is 0 Å². The van der Waals surface area contributed by atoms with Crippen LogP contribution in [-0.4, -0.2) is 28.2 Å². The van der Waals surface area contributed by atoms with Crippen LogP contribution in [0.3, 0.4) is 0 Å². The number of nitrogens with two attached hydrogens (primary N) is 1. The Balaban J connectivity index is 1.88. The van der Waals surface area contributed by atoms with Crippen molar-refractivity contribution >= 4 is 29.2 Å². The first kappa shape index (κ1) is 15.9. The molecule has 0 aliphatic heterocycles. The summed E-state index contributed by atoms with van der Waals surface area (Å²) in [6.45, 7) is 2.50. The van der Waals surface area contributed by atoms with Gasteiger partial charge in [0.15, 0.2) is 5.16 Å². The molecule has 0 spiro atoms. The van der Waals surface area contributed by atoms with E-state index in [1.807, 2.05) is 6.92 Å². The van der Waals surface area contributed by atoms with E-state index in [0.717, 1.165) is 17.5 Å². The number of ether oxygens (including phenoxy) is 1. The van der Waals surface area contributed by atoms with E-state index in [-0.39, 0.29) is 23.0 Å². The van der Waals surface area contributed by atoms with E-state index in [0.29, 0.717) is 17.5 Å². The van der Waals surface area contributed by atoms with Gasteiger partial charge in [0.25, 0.3) is 5.56 Å². The maximum absolute atomic E-state index is 11.9. The van der Waals surface area contributed by atoms with Gasteiger partial charge in [0, 0.05) is 11.8 Å². The minimum absolute atomic E-state index is 0.111. The largest absolute Gasteiger partial charge is 0.494 e. The van der Waals surface area contributed by atoms with Crippen molar-refractivity contribution in [2.45, 2.75) is 12.1 Å². The van der Waals surface area contributed by atoms with Crippen LogP contribution in [0.5, 0.6) is 5.75 Å². The zero-order valence-corrected chi connectivity index (χ0v) is 12.8. The number of amides is 1. The van der Waals surface area contributed by atoms with E-state index in [1.54, 1.807) is 24.3 Å². The van der Waals surface area contributed by atoms with Gasteiger partial charge in [0.2, 0.25) is 5.91 Å². The Morgan fingerprint density at radius 2 is 2.14 bits per heavy atom. The van der Waals surface area contributed by atoms with Crippen molar-refractivity contribution in [1.82, 2.24) is 9.97 Å². The van der Waals surface area contributed by atoms with Gasteiger partial charge in [-0.3, -0.25) is 9.59 Å². The second kappa shape index (κ2) is 7.51. The Morgan fingerprint density at radius 3 is 2.77 bits per heavy atom. The summed E-state index contributed by atoms with van der Waals surface area (Å²) in [5.41, 5.74) is 5.80. The molecule has 0 aliphatic carbocycles. The number of carbonyl (C=O) groups excluding carboxylic acids is 1. The predicted molar refractivity (Wildman–Crippen MR) is 86.2 cm³/mol. The number of aromatic amines is 1. The number of nitrogens with zero attached hydrogens (tertiary/aromatic N) is 1. The van der Waals surface area contributed by atoms with Crippen molar-refractivity contribution in [1.29, 1.82) is 0 Å². The van der Waals surface area contributed by atoms with E-state index < -0.39 is 0 Å². The molecule has 0 saturated carbocycles. The highest BCUT2D eigenvalue weighted by atomic mass is 32.2. The van der Waals surface area contributed by atoms with Crippen LogP contribution in [-0.2, 0) is 4.79 Å². The van der Waals surface area contributed by atoms with Crippen LogP contribution in [0.1, 0.15) is 6.92 Å². The zero-order valence-electron chi connectivity index (χ0n) is 12.0. The summed E-state index contributed by atoms with van der Waals surface area (Å²) in [6, 6.07) is 8.26. The van der Waals surface area contributed by atoms with E-state index in [1.165, 1.54) is 6.07 Å². The highest BCUT2D eigenvalue weighted by Gasteiger charge is 2.06. The number of anilines is 2. The lowest BCUT2D eigenvalue weighted by Crippen LogP contribution is -2.15. The van der Waals surface area contributed by atoms with Crippen LogP contribution in [0.25, 0.3) is 0 Å². The van der Waals surface area contributed by atoms with Gasteiger partial charge in [-0.2, -0.15) is 0 Å². The Bertz CT molecular complexity index is 700. The van der Waals surface area contributed by atoms with Crippen molar-refractivity contribution in [3.05, 3.63) is 40.7 Å². The lowest BCUT2D eigenvalue weighted by Gasteiger charge is -2.07. The van der Waals surface area contributed by atoms with Crippen molar-refractivity contribution < 1.29 is 9.53 Å². The number of aromatic nitrogens is 2. The summed E-state index contributed by atoms with van der Waals surface area (Å²) in [5, 5.41) is 3.06. The van der Waals surface area contributed by atoms with Crippen LogP contribution in [0.2, 0.25) is 0 Å². The zero-order chi connectivity index (χ0) is 15.9. The number of thioether (sulfide) groups is 1. The topological polar surface area (TPSA) is 110 Å². The number of hydrogen-bond acceptors (Lipinski definition) is 6. The molecule has 22 heavy (non-hydrogen) atoms. The van der Waals surface area contributed by atoms with Crippen LogP contribution < -0.4 is 21.3 Å². The molecular weight excluding hydrogens is 304 g/mol. The molecule has 0 radical (unpaired) electrons. The Hall–Kier alpha value is -2.48. The summed E-state index contributed by atoms with van der Waals surface area (Å²) in [4.78, 5) is 29.5. The molecule has 1 aromatic carbocycles. The Morgan fingerprint density at radius 1 is 1.41 bits per heavy atom. The van der Waals surface area contributed by atoms with Gasteiger partial charge in [-0.1, -0.05) is 11.8 Å². The van der Waals surface area contributed by atoms with Crippen molar-refractivity contribution in [3.8, 4) is 5.75 Å². The summed E-state index contributed by atoms with van der Waals surface area (Å²) in [5.74, 6) is 0.772. The number of benzene rings is 1. The molecule has 1 amide bonds. The van der Waals surface area contributed by atoms with Gasteiger partial charge < -0.3 is 20.8 Å². The minimum Gasteiger partial charge on any atom is -0.494 e.